The van der Waals surface area contributed by atoms with E-state index in [9.17, 15) is 4.79 Å². The van der Waals surface area contributed by atoms with Crippen molar-refractivity contribution in [2.75, 3.05) is 6.54 Å². The van der Waals surface area contributed by atoms with Crippen LogP contribution in [0.1, 0.15) is 53.9 Å². The van der Waals surface area contributed by atoms with Gasteiger partial charge in [0.15, 0.2) is 0 Å². The van der Waals surface area contributed by atoms with Crippen LogP contribution in [-0.4, -0.2) is 24.5 Å². The molecule has 1 unspecified atom stereocenters. The highest BCUT2D eigenvalue weighted by Crippen LogP contribution is 2.07. The minimum Gasteiger partial charge on any atom is -0.353 e. The van der Waals surface area contributed by atoms with Crippen LogP contribution in [0.25, 0.3) is 0 Å². The molecule has 0 spiro atoms. The predicted molar refractivity (Wildman–Crippen MR) is 69.4 cm³/mol. The average molecular weight is 228 g/mol. The second-order valence-corrected chi connectivity index (χ2v) is 5.33. The highest BCUT2D eigenvalue weighted by atomic mass is 16.1. The van der Waals surface area contributed by atoms with Gasteiger partial charge >= 0.3 is 0 Å². The first-order valence-electron chi connectivity index (χ1n) is 6.44. The van der Waals surface area contributed by atoms with Crippen molar-refractivity contribution in [3.8, 4) is 0 Å². The predicted octanol–water partition coefficient (Wildman–Crippen LogP) is 2.32. The van der Waals surface area contributed by atoms with E-state index in [-0.39, 0.29) is 11.9 Å². The third-order valence-corrected chi connectivity index (χ3v) is 2.48. The van der Waals surface area contributed by atoms with E-state index in [0.29, 0.717) is 12.6 Å². The van der Waals surface area contributed by atoms with E-state index in [2.05, 4.69) is 31.4 Å². The minimum absolute atomic E-state index is 0.0886. The van der Waals surface area contributed by atoms with Crippen LogP contribution in [0.3, 0.4) is 0 Å². The zero-order valence-corrected chi connectivity index (χ0v) is 11.5. The van der Waals surface area contributed by atoms with Crippen molar-refractivity contribution in [3.63, 3.8) is 0 Å². The van der Waals surface area contributed by atoms with Crippen LogP contribution in [-0.2, 0) is 4.79 Å². The van der Waals surface area contributed by atoms with Gasteiger partial charge in [0.1, 0.15) is 0 Å². The van der Waals surface area contributed by atoms with Crippen LogP contribution in [0, 0.1) is 5.92 Å². The molecule has 0 rings (SSSR count). The molecule has 0 bridgehead atoms. The third-order valence-electron chi connectivity index (χ3n) is 2.48. The fourth-order valence-electron chi connectivity index (χ4n) is 1.57. The molecule has 3 heteroatoms. The second-order valence-electron chi connectivity index (χ2n) is 5.33. The van der Waals surface area contributed by atoms with Crippen LogP contribution in [0.2, 0.25) is 0 Å². The van der Waals surface area contributed by atoms with Crippen molar-refractivity contribution >= 4 is 5.91 Å². The lowest BCUT2D eigenvalue weighted by Gasteiger charge is -2.15. The Morgan fingerprint density at radius 1 is 1.06 bits per heavy atom. The fraction of sp³-hybridized carbons (Fsp3) is 0.923. The molecule has 0 aromatic carbocycles. The maximum absolute atomic E-state index is 11.4. The van der Waals surface area contributed by atoms with E-state index in [1.165, 1.54) is 12.8 Å². The topological polar surface area (TPSA) is 41.1 Å². The summed E-state index contributed by atoms with van der Waals surface area (Å²) in [6, 6.07) is 0.655. The van der Waals surface area contributed by atoms with Crippen molar-refractivity contribution in [3.05, 3.63) is 0 Å². The van der Waals surface area contributed by atoms with E-state index in [0.717, 1.165) is 12.3 Å². The van der Waals surface area contributed by atoms with Crippen LogP contribution in [0.5, 0.6) is 0 Å². The quantitative estimate of drug-likeness (QED) is 0.669. The van der Waals surface area contributed by atoms with Gasteiger partial charge in [0.25, 0.3) is 0 Å². The highest BCUT2D eigenvalue weighted by molar-refractivity contribution is 5.78. The monoisotopic (exact) mass is 228 g/mol. The van der Waals surface area contributed by atoms with Crippen molar-refractivity contribution < 1.29 is 4.79 Å². The number of carbonyl (C=O) groups excluding carboxylic acids is 1. The van der Waals surface area contributed by atoms with Crippen LogP contribution >= 0.6 is 0 Å². The second kappa shape index (κ2) is 8.57. The zero-order chi connectivity index (χ0) is 12.6. The van der Waals surface area contributed by atoms with E-state index in [4.69, 9.17) is 0 Å². The van der Waals surface area contributed by atoms with E-state index in [1.54, 1.807) is 0 Å². The Morgan fingerprint density at radius 2 is 1.69 bits per heavy atom. The van der Waals surface area contributed by atoms with E-state index < -0.39 is 0 Å². The molecule has 0 aliphatic carbocycles. The number of amides is 1. The van der Waals surface area contributed by atoms with E-state index in [1.807, 2.05) is 13.8 Å². The molecular weight excluding hydrogens is 200 g/mol. The van der Waals surface area contributed by atoms with Gasteiger partial charge in [-0.25, -0.2) is 0 Å². The molecule has 16 heavy (non-hydrogen) atoms. The maximum atomic E-state index is 11.4. The summed E-state index contributed by atoms with van der Waals surface area (Å²) < 4.78 is 0. The Morgan fingerprint density at radius 3 is 2.19 bits per heavy atom. The lowest BCUT2D eigenvalue weighted by Crippen LogP contribution is -2.40. The zero-order valence-electron chi connectivity index (χ0n) is 11.5. The van der Waals surface area contributed by atoms with Crippen molar-refractivity contribution in [2.45, 2.75) is 66.0 Å². The lowest BCUT2D eigenvalue weighted by molar-refractivity contribution is -0.120. The molecule has 0 aromatic heterocycles. The maximum Gasteiger partial charge on any atom is 0.234 e. The number of nitrogens with one attached hydrogen (secondary N) is 2. The Kier molecular flexibility index (Phi) is 8.26. The molecule has 0 aliphatic rings. The molecule has 2 N–H and O–H groups in total. The molecule has 0 aromatic rings. The lowest BCUT2D eigenvalue weighted by atomic mass is 10.0. The van der Waals surface area contributed by atoms with E-state index >= 15 is 0 Å². The summed E-state index contributed by atoms with van der Waals surface area (Å²) >= 11 is 0. The minimum atomic E-state index is 0.0886. The molecular formula is C13H28N2O. The van der Waals surface area contributed by atoms with Gasteiger partial charge in [0.05, 0.1) is 6.54 Å². The SMILES string of the molecule is CC(C)CCCC(C)NCC(=O)NC(C)C. The Labute approximate surface area is 100 Å². The highest BCUT2D eigenvalue weighted by Gasteiger charge is 2.06. The molecule has 3 nitrogen and oxygen atoms in total. The molecule has 0 heterocycles. The van der Waals surface area contributed by atoms with Gasteiger partial charge in [-0.3, -0.25) is 4.79 Å². The van der Waals surface area contributed by atoms with Crippen LogP contribution < -0.4 is 10.6 Å². The summed E-state index contributed by atoms with van der Waals surface area (Å²) in [7, 11) is 0. The number of carbonyl (C=O) groups is 1. The summed E-state index contributed by atoms with van der Waals surface area (Å²) in [6.07, 6.45) is 3.65. The van der Waals surface area contributed by atoms with Gasteiger partial charge in [0, 0.05) is 12.1 Å². The Bertz CT molecular complexity index is 190. The number of hydrogen-bond acceptors (Lipinski definition) is 2. The van der Waals surface area contributed by atoms with Crippen molar-refractivity contribution in [2.24, 2.45) is 5.92 Å². The average Bonchev–Trinajstić information content (AvgIpc) is 2.13. The summed E-state index contributed by atoms with van der Waals surface area (Å²) in [5.74, 6) is 0.863. The molecule has 1 atom stereocenters. The number of rotatable bonds is 8. The Balaban J connectivity index is 3.49. The van der Waals surface area contributed by atoms with Crippen molar-refractivity contribution in [1.29, 1.82) is 0 Å². The van der Waals surface area contributed by atoms with Gasteiger partial charge in [-0.2, -0.15) is 0 Å². The first-order chi connectivity index (χ1) is 7.41. The Hall–Kier alpha value is -0.570. The number of hydrogen-bond donors (Lipinski definition) is 2. The summed E-state index contributed by atoms with van der Waals surface area (Å²) in [4.78, 5) is 11.4. The first kappa shape index (κ1) is 15.4. The van der Waals surface area contributed by atoms with Gasteiger partial charge < -0.3 is 10.6 Å². The standard InChI is InChI=1S/C13H28N2O/c1-10(2)7-6-8-12(5)14-9-13(16)15-11(3)4/h10-12,14H,6-9H2,1-5H3,(H,15,16). The van der Waals surface area contributed by atoms with Gasteiger partial charge in [-0.15, -0.1) is 0 Å². The third kappa shape index (κ3) is 9.97. The first-order valence-corrected chi connectivity index (χ1v) is 6.44. The largest absolute Gasteiger partial charge is 0.353 e. The molecule has 1 amide bonds. The van der Waals surface area contributed by atoms with Gasteiger partial charge in [-0.1, -0.05) is 26.7 Å². The molecule has 0 aliphatic heterocycles. The van der Waals surface area contributed by atoms with Crippen LogP contribution in [0.15, 0.2) is 0 Å². The molecule has 0 radical (unpaired) electrons. The summed E-state index contributed by atoms with van der Waals surface area (Å²) in [5, 5.41) is 6.12. The smallest absolute Gasteiger partial charge is 0.234 e. The normalized spacial score (nSPS) is 13.2. The molecule has 0 fully saturated rings. The van der Waals surface area contributed by atoms with Gasteiger partial charge in [-0.05, 0) is 33.1 Å². The van der Waals surface area contributed by atoms with Gasteiger partial charge in [0.2, 0.25) is 5.91 Å². The van der Waals surface area contributed by atoms with Crippen LogP contribution in [0.4, 0.5) is 0 Å². The molecule has 0 saturated carbocycles. The summed E-state index contributed by atoms with van der Waals surface area (Å²) in [5.41, 5.74) is 0. The summed E-state index contributed by atoms with van der Waals surface area (Å²) in [6.45, 7) is 11.0. The molecule has 96 valence electrons. The fourth-order valence-corrected chi connectivity index (χ4v) is 1.57. The molecule has 0 saturated heterocycles. The van der Waals surface area contributed by atoms with Crippen molar-refractivity contribution in [1.82, 2.24) is 10.6 Å².